The van der Waals surface area contributed by atoms with E-state index < -0.39 is 11.6 Å². The number of carbonyl (C=O) groups excluding carboxylic acids is 2. The van der Waals surface area contributed by atoms with Crippen LogP contribution in [0.3, 0.4) is 0 Å². The molecule has 0 aromatic heterocycles. The van der Waals surface area contributed by atoms with Crippen LogP contribution >= 0.6 is 11.6 Å². The molecule has 0 spiro atoms. The predicted molar refractivity (Wildman–Crippen MR) is 122 cm³/mol. The summed E-state index contributed by atoms with van der Waals surface area (Å²) >= 11 is 5.95. The third kappa shape index (κ3) is 5.84. The molecule has 1 aliphatic rings. The highest BCUT2D eigenvalue weighted by molar-refractivity contribution is 6.30. The van der Waals surface area contributed by atoms with Crippen molar-refractivity contribution < 1.29 is 18.4 Å². The molecular weight excluding hydrogens is 436 g/mol. The Morgan fingerprint density at radius 1 is 0.969 bits per heavy atom. The Bertz CT molecular complexity index is 968. The van der Waals surface area contributed by atoms with Crippen LogP contribution in [0.15, 0.2) is 36.4 Å². The van der Waals surface area contributed by atoms with E-state index in [-0.39, 0.29) is 24.8 Å². The number of halogens is 3. The molecule has 0 unspecified atom stereocenters. The first-order chi connectivity index (χ1) is 15.3. The van der Waals surface area contributed by atoms with Gasteiger partial charge in [0.25, 0.3) is 5.91 Å². The van der Waals surface area contributed by atoms with Crippen molar-refractivity contribution in [3.8, 4) is 0 Å². The van der Waals surface area contributed by atoms with Gasteiger partial charge in [-0.1, -0.05) is 18.5 Å². The Balaban J connectivity index is 2.04. The Labute approximate surface area is 192 Å². The van der Waals surface area contributed by atoms with Crippen LogP contribution < -0.4 is 4.90 Å². The molecule has 0 saturated carbocycles. The average Bonchev–Trinajstić information content (AvgIpc) is 2.77. The molecule has 0 atom stereocenters. The lowest BCUT2D eigenvalue weighted by Gasteiger charge is -2.31. The van der Waals surface area contributed by atoms with Crippen molar-refractivity contribution in [2.24, 2.45) is 0 Å². The topological polar surface area (TPSA) is 43.9 Å². The average molecular weight is 464 g/mol. The zero-order valence-electron chi connectivity index (χ0n) is 18.4. The third-order valence-corrected chi connectivity index (χ3v) is 5.90. The SMILES string of the molecule is CCC(=O)N1CCCN(C)CCCN(C(=O)c2ccc(Cl)cc2)Cc2cc(F)c(F)cc21. The van der Waals surface area contributed by atoms with E-state index in [1.165, 1.54) is 4.90 Å². The summed E-state index contributed by atoms with van der Waals surface area (Å²) < 4.78 is 28.4. The Hall–Kier alpha value is -2.51. The van der Waals surface area contributed by atoms with Gasteiger partial charge < -0.3 is 14.7 Å². The number of nitrogens with zero attached hydrogens (tertiary/aromatic N) is 3. The van der Waals surface area contributed by atoms with Crippen LogP contribution in [0.2, 0.25) is 5.02 Å². The van der Waals surface area contributed by atoms with Crippen LogP contribution in [-0.2, 0) is 11.3 Å². The second kappa shape index (κ2) is 10.9. The summed E-state index contributed by atoms with van der Waals surface area (Å²) in [6.07, 6.45) is 1.67. The van der Waals surface area contributed by atoms with Gasteiger partial charge in [-0.05, 0) is 68.9 Å². The molecule has 5 nitrogen and oxygen atoms in total. The minimum atomic E-state index is -1.02. The van der Waals surface area contributed by atoms with Gasteiger partial charge in [-0.2, -0.15) is 0 Å². The molecule has 1 aliphatic heterocycles. The van der Waals surface area contributed by atoms with E-state index in [1.807, 2.05) is 7.05 Å². The Morgan fingerprint density at radius 3 is 2.25 bits per heavy atom. The molecule has 2 amide bonds. The molecule has 0 saturated heterocycles. The maximum absolute atomic E-state index is 14.2. The summed E-state index contributed by atoms with van der Waals surface area (Å²) in [7, 11) is 1.99. The summed E-state index contributed by atoms with van der Waals surface area (Å²) in [5.41, 5.74) is 1.18. The molecule has 0 fully saturated rings. The zero-order valence-corrected chi connectivity index (χ0v) is 19.2. The van der Waals surface area contributed by atoms with Crippen molar-refractivity contribution in [3.05, 3.63) is 64.2 Å². The Morgan fingerprint density at radius 2 is 1.59 bits per heavy atom. The molecule has 3 rings (SSSR count). The summed E-state index contributed by atoms with van der Waals surface area (Å²) in [6.45, 7) is 4.15. The summed E-state index contributed by atoms with van der Waals surface area (Å²) in [5, 5.41) is 0.522. The molecule has 2 aromatic rings. The van der Waals surface area contributed by atoms with Crippen LogP contribution in [0.1, 0.15) is 42.1 Å². The highest BCUT2D eigenvalue weighted by atomic mass is 35.5. The largest absolute Gasteiger partial charge is 0.334 e. The van der Waals surface area contributed by atoms with Gasteiger partial charge in [0, 0.05) is 42.7 Å². The lowest BCUT2D eigenvalue weighted by molar-refractivity contribution is -0.118. The van der Waals surface area contributed by atoms with E-state index in [0.717, 1.165) is 31.6 Å². The summed E-state index contributed by atoms with van der Waals surface area (Å²) in [6, 6.07) is 8.74. The minimum Gasteiger partial charge on any atom is -0.334 e. The van der Waals surface area contributed by atoms with Crippen molar-refractivity contribution >= 4 is 29.1 Å². The molecule has 1 heterocycles. The second-order valence-electron chi connectivity index (χ2n) is 8.04. The number of fused-ring (bicyclic) bond motifs is 1. The molecule has 8 heteroatoms. The molecule has 172 valence electrons. The van der Waals surface area contributed by atoms with E-state index in [0.29, 0.717) is 41.3 Å². The monoisotopic (exact) mass is 463 g/mol. The molecule has 0 aliphatic carbocycles. The number of hydrogen-bond acceptors (Lipinski definition) is 3. The first-order valence-corrected chi connectivity index (χ1v) is 11.2. The highest BCUT2D eigenvalue weighted by Crippen LogP contribution is 2.28. The standard InChI is InChI=1S/C24H28ClF2N3O2/c1-3-23(31)30-13-5-11-28(2)10-4-12-29(24(32)17-6-8-19(25)9-7-17)16-18-14-20(26)21(27)15-22(18)30/h6-9,14-15H,3-5,10-13,16H2,1-2H3. The normalized spacial score (nSPS) is 16.2. The van der Waals surface area contributed by atoms with E-state index in [9.17, 15) is 18.4 Å². The van der Waals surface area contributed by atoms with Crippen LogP contribution in [0, 0.1) is 11.6 Å². The molecule has 0 bridgehead atoms. The number of anilines is 1. The van der Waals surface area contributed by atoms with Gasteiger partial charge in [-0.3, -0.25) is 9.59 Å². The molecule has 0 N–H and O–H groups in total. The third-order valence-electron chi connectivity index (χ3n) is 5.64. The summed E-state index contributed by atoms with van der Waals surface area (Å²) in [5.74, 6) is -2.42. The first-order valence-electron chi connectivity index (χ1n) is 10.8. The molecule has 2 aromatic carbocycles. The van der Waals surface area contributed by atoms with Crippen molar-refractivity contribution in [3.63, 3.8) is 0 Å². The van der Waals surface area contributed by atoms with Gasteiger partial charge in [-0.25, -0.2) is 8.78 Å². The lowest BCUT2D eigenvalue weighted by atomic mass is 10.1. The van der Waals surface area contributed by atoms with Crippen LogP contribution in [0.5, 0.6) is 0 Å². The van der Waals surface area contributed by atoms with Gasteiger partial charge >= 0.3 is 0 Å². The van der Waals surface area contributed by atoms with E-state index in [2.05, 4.69) is 4.90 Å². The second-order valence-corrected chi connectivity index (χ2v) is 8.47. The zero-order chi connectivity index (χ0) is 23.3. The van der Waals surface area contributed by atoms with Crippen molar-refractivity contribution in [2.45, 2.75) is 32.7 Å². The predicted octanol–water partition coefficient (Wildman–Crippen LogP) is 4.73. The van der Waals surface area contributed by atoms with Crippen LogP contribution in [-0.4, -0.2) is 54.8 Å². The quantitative estimate of drug-likeness (QED) is 0.646. The fourth-order valence-corrected chi connectivity index (χ4v) is 4.03. The Kier molecular flexibility index (Phi) is 8.21. The van der Waals surface area contributed by atoms with Crippen LogP contribution in [0.4, 0.5) is 14.5 Å². The van der Waals surface area contributed by atoms with E-state index >= 15 is 0 Å². The first kappa shape index (κ1) is 24.1. The van der Waals surface area contributed by atoms with Gasteiger partial charge in [0.1, 0.15) is 0 Å². The fraction of sp³-hybridized carbons (Fsp3) is 0.417. The highest BCUT2D eigenvalue weighted by Gasteiger charge is 2.24. The lowest BCUT2D eigenvalue weighted by Crippen LogP contribution is -2.38. The van der Waals surface area contributed by atoms with Crippen molar-refractivity contribution in [2.75, 3.05) is 38.1 Å². The maximum atomic E-state index is 14.2. The molecule has 0 radical (unpaired) electrons. The van der Waals surface area contributed by atoms with Gasteiger partial charge in [0.05, 0.1) is 5.69 Å². The van der Waals surface area contributed by atoms with Gasteiger partial charge in [0.2, 0.25) is 5.91 Å². The smallest absolute Gasteiger partial charge is 0.254 e. The van der Waals surface area contributed by atoms with Gasteiger partial charge in [-0.15, -0.1) is 0 Å². The van der Waals surface area contributed by atoms with Crippen molar-refractivity contribution in [1.29, 1.82) is 0 Å². The van der Waals surface area contributed by atoms with Crippen LogP contribution in [0.25, 0.3) is 0 Å². The number of rotatable bonds is 2. The molecular formula is C24H28ClF2N3O2. The minimum absolute atomic E-state index is 0.0607. The number of carbonyl (C=O) groups is 2. The molecule has 32 heavy (non-hydrogen) atoms. The maximum Gasteiger partial charge on any atom is 0.254 e. The van der Waals surface area contributed by atoms with Crippen molar-refractivity contribution in [1.82, 2.24) is 9.80 Å². The number of amides is 2. The fourth-order valence-electron chi connectivity index (χ4n) is 3.90. The van der Waals surface area contributed by atoms with Gasteiger partial charge in [0.15, 0.2) is 11.6 Å². The number of hydrogen-bond donors (Lipinski definition) is 0. The van der Waals surface area contributed by atoms with E-state index in [1.54, 1.807) is 36.1 Å². The number of benzene rings is 2. The summed E-state index contributed by atoms with van der Waals surface area (Å²) in [4.78, 5) is 31.2. The van der Waals surface area contributed by atoms with E-state index in [4.69, 9.17) is 11.6 Å².